The lowest BCUT2D eigenvalue weighted by atomic mass is 9.81. The van der Waals surface area contributed by atoms with Crippen LogP contribution in [0.3, 0.4) is 0 Å². The molecule has 0 spiro atoms. The third kappa shape index (κ3) is 5.01. The van der Waals surface area contributed by atoms with Gasteiger partial charge in [-0.1, -0.05) is 147 Å². The molecule has 0 aliphatic heterocycles. The smallest absolute Gasteiger partial charge is 0.0641 e. The van der Waals surface area contributed by atoms with E-state index in [2.05, 4.69) is 217 Å². The van der Waals surface area contributed by atoms with Crippen molar-refractivity contribution in [2.24, 2.45) is 0 Å². The van der Waals surface area contributed by atoms with E-state index in [0.29, 0.717) is 0 Å². The topological polar surface area (TPSA) is 8.17 Å². The number of benzene rings is 8. The molecular weight excluding hydrogens is 697 g/mol. The van der Waals surface area contributed by atoms with Crippen LogP contribution in [0.25, 0.3) is 70.3 Å². The summed E-state index contributed by atoms with van der Waals surface area (Å²) in [7, 11) is 0. The van der Waals surface area contributed by atoms with Gasteiger partial charge in [-0.3, -0.25) is 0 Å². The Balaban J connectivity index is 1.04. The van der Waals surface area contributed by atoms with Gasteiger partial charge < -0.3 is 9.47 Å². The van der Waals surface area contributed by atoms with Crippen molar-refractivity contribution < 1.29 is 0 Å². The van der Waals surface area contributed by atoms with Crippen LogP contribution in [0.4, 0.5) is 17.1 Å². The maximum absolute atomic E-state index is 2.56. The maximum Gasteiger partial charge on any atom is 0.0641 e. The summed E-state index contributed by atoms with van der Waals surface area (Å²) in [6.45, 7) is 4.79. The number of para-hydroxylation sites is 1. The van der Waals surface area contributed by atoms with Crippen LogP contribution in [-0.4, -0.2) is 4.57 Å². The third-order valence-corrected chi connectivity index (χ3v) is 13.0. The average Bonchev–Trinajstić information content (AvgIpc) is 3.88. The summed E-state index contributed by atoms with van der Waals surface area (Å²) in [5, 5.41) is 3.95. The van der Waals surface area contributed by atoms with Crippen molar-refractivity contribution in [2.45, 2.75) is 19.3 Å². The number of fused-ring (bicyclic) bond motifs is 8. The number of rotatable bonds is 6. The molecular formula is C53H38N2S. The van der Waals surface area contributed by atoms with Crippen molar-refractivity contribution in [3.05, 3.63) is 205 Å². The number of nitrogens with zero attached hydrogens (tertiary/aromatic N) is 2. The molecule has 0 amide bonds. The van der Waals surface area contributed by atoms with E-state index in [9.17, 15) is 0 Å². The van der Waals surface area contributed by atoms with E-state index in [1.807, 2.05) is 11.3 Å². The Morgan fingerprint density at radius 1 is 0.464 bits per heavy atom. The van der Waals surface area contributed by atoms with Crippen LogP contribution in [0.15, 0.2) is 194 Å². The van der Waals surface area contributed by atoms with Gasteiger partial charge in [0.1, 0.15) is 0 Å². The van der Waals surface area contributed by atoms with E-state index in [1.54, 1.807) is 0 Å². The fourth-order valence-electron chi connectivity index (χ4n) is 9.15. The van der Waals surface area contributed by atoms with Gasteiger partial charge in [-0.15, -0.1) is 11.3 Å². The molecule has 0 saturated heterocycles. The third-order valence-electron chi connectivity index (χ3n) is 11.8. The molecule has 2 nitrogen and oxygen atoms in total. The number of thiophene rings is 1. The lowest BCUT2D eigenvalue weighted by molar-refractivity contribution is 0.666. The number of anilines is 3. The van der Waals surface area contributed by atoms with Crippen molar-refractivity contribution in [1.82, 2.24) is 4.57 Å². The Labute approximate surface area is 331 Å². The first-order chi connectivity index (χ1) is 27.5. The zero-order valence-electron chi connectivity index (χ0n) is 31.3. The molecule has 0 radical (unpaired) electrons. The molecule has 11 rings (SSSR count). The zero-order chi connectivity index (χ0) is 37.4. The highest BCUT2D eigenvalue weighted by atomic mass is 32.1. The van der Waals surface area contributed by atoms with E-state index in [0.717, 1.165) is 17.1 Å². The van der Waals surface area contributed by atoms with Crippen LogP contribution >= 0.6 is 11.3 Å². The van der Waals surface area contributed by atoms with E-state index in [4.69, 9.17) is 0 Å². The van der Waals surface area contributed by atoms with Crippen molar-refractivity contribution in [1.29, 1.82) is 0 Å². The summed E-state index contributed by atoms with van der Waals surface area (Å²) in [6.07, 6.45) is 0. The first kappa shape index (κ1) is 32.7. The molecule has 0 atom stereocenters. The highest BCUT2D eigenvalue weighted by Crippen LogP contribution is 2.55. The van der Waals surface area contributed by atoms with Crippen LogP contribution in [0.5, 0.6) is 0 Å². The van der Waals surface area contributed by atoms with Gasteiger partial charge in [0.25, 0.3) is 0 Å². The molecule has 1 aliphatic rings. The molecule has 3 heteroatoms. The second-order valence-electron chi connectivity index (χ2n) is 15.3. The molecule has 0 unspecified atom stereocenters. The van der Waals surface area contributed by atoms with E-state index >= 15 is 0 Å². The van der Waals surface area contributed by atoms with Gasteiger partial charge in [0.05, 0.1) is 21.6 Å². The van der Waals surface area contributed by atoms with Crippen molar-refractivity contribution in [3.8, 4) is 39.2 Å². The molecule has 0 bridgehead atoms. The highest BCUT2D eigenvalue weighted by Gasteiger charge is 2.40. The molecule has 2 aromatic heterocycles. The minimum Gasteiger partial charge on any atom is -0.311 e. The fraction of sp³-hybridized carbons (Fsp3) is 0.0566. The number of hydrogen-bond acceptors (Lipinski definition) is 2. The second kappa shape index (κ2) is 12.7. The predicted octanol–water partition coefficient (Wildman–Crippen LogP) is 15.1. The van der Waals surface area contributed by atoms with E-state index in [1.165, 1.54) is 81.4 Å². The summed E-state index contributed by atoms with van der Waals surface area (Å²) in [6, 6.07) is 70.9. The standard InChI is InChI=1S/C53H38N2S/c1-53(2)46-21-11-9-19-44(46)51-50(53)45-34-38(28-33-47(45)55(51)48-22-13-20-43-42-18-10-12-23-49(42)56-52(43)48)37-26-31-41(32-27-37)54(39-16-7-4-8-17-39)40-29-24-36(25-30-40)35-14-5-3-6-15-35/h3-34H,1-2H3. The Kier molecular flexibility index (Phi) is 7.42. The molecule has 266 valence electrons. The van der Waals surface area contributed by atoms with Gasteiger partial charge in [-0.25, -0.2) is 0 Å². The van der Waals surface area contributed by atoms with Crippen LogP contribution in [0, 0.1) is 0 Å². The van der Waals surface area contributed by atoms with Gasteiger partial charge in [0.15, 0.2) is 0 Å². The lowest BCUT2D eigenvalue weighted by Gasteiger charge is -2.26. The molecule has 0 fully saturated rings. The Morgan fingerprint density at radius 3 is 1.79 bits per heavy atom. The Morgan fingerprint density at radius 2 is 1.04 bits per heavy atom. The maximum atomic E-state index is 2.56. The minimum absolute atomic E-state index is 0.155. The minimum atomic E-state index is -0.155. The number of aromatic nitrogens is 1. The van der Waals surface area contributed by atoms with Gasteiger partial charge in [0, 0.05) is 48.9 Å². The van der Waals surface area contributed by atoms with Crippen molar-refractivity contribution in [3.63, 3.8) is 0 Å². The van der Waals surface area contributed by atoms with Crippen LogP contribution < -0.4 is 4.90 Å². The first-order valence-electron chi connectivity index (χ1n) is 19.4. The largest absolute Gasteiger partial charge is 0.311 e. The summed E-state index contributed by atoms with van der Waals surface area (Å²) in [5.41, 5.74) is 16.0. The first-order valence-corrected chi connectivity index (χ1v) is 20.2. The quantitative estimate of drug-likeness (QED) is 0.165. The Hall–Kier alpha value is -6.68. The van der Waals surface area contributed by atoms with Crippen molar-refractivity contribution >= 4 is 59.5 Å². The molecule has 0 N–H and O–H groups in total. The number of hydrogen-bond donors (Lipinski definition) is 0. The molecule has 1 aliphatic carbocycles. The van der Waals surface area contributed by atoms with Gasteiger partial charge in [-0.2, -0.15) is 0 Å². The van der Waals surface area contributed by atoms with E-state index < -0.39 is 0 Å². The predicted molar refractivity (Wildman–Crippen MR) is 239 cm³/mol. The molecule has 56 heavy (non-hydrogen) atoms. The normalized spacial score (nSPS) is 13.0. The van der Waals surface area contributed by atoms with Crippen LogP contribution in [-0.2, 0) is 5.41 Å². The highest BCUT2D eigenvalue weighted by molar-refractivity contribution is 7.26. The zero-order valence-corrected chi connectivity index (χ0v) is 32.1. The molecule has 8 aromatic carbocycles. The van der Waals surface area contributed by atoms with Gasteiger partial charge in [-0.05, 0) is 94.0 Å². The summed E-state index contributed by atoms with van der Waals surface area (Å²) in [5.74, 6) is 0. The fourth-order valence-corrected chi connectivity index (χ4v) is 10.4. The van der Waals surface area contributed by atoms with Crippen LogP contribution in [0.1, 0.15) is 25.0 Å². The molecule has 2 heterocycles. The lowest BCUT2D eigenvalue weighted by Crippen LogP contribution is -2.14. The monoisotopic (exact) mass is 734 g/mol. The second-order valence-corrected chi connectivity index (χ2v) is 16.4. The van der Waals surface area contributed by atoms with Gasteiger partial charge in [0.2, 0.25) is 0 Å². The molecule has 10 aromatic rings. The van der Waals surface area contributed by atoms with Crippen LogP contribution in [0.2, 0.25) is 0 Å². The van der Waals surface area contributed by atoms with Crippen molar-refractivity contribution in [2.75, 3.05) is 4.90 Å². The summed E-state index contributed by atoms with van der Waals surface area (Å²) >= 11 is 1.90. The Bertz CT molecular complexity index is 3080. The van der Waals surface area contributed by atoms with Gasteiger partial charge >= 0.3 is 0 Å². The average molecular weight is 735 g/mol. The van der Waals surface area contributed by atoms with E-state index in [-0.39, 0.29) is 5.41 Å². The summed E-state index contributed by atoms with van der Waals surface area (Å²) < 4.78 is 5.21. The summed E-state index contributed by atoms with van der Waals surface area (Å²) in [4.78, 5) is 2.34. The molecule has 0 saturated carbocycles. The SMILES string of the molecule is CC1(C)c2ccccc2-c2c1c1cc(-c3ccc(N(c4ccccc4)c4ccc(-c5ccccc5)cc4)cc3)ccc1n2-c1cccc2c1sc1ccccc12.